The van der Waals surface area contributed by atoms with Crippen molar-refractivity contribution in [3.8, 4) is 0 Å². The monoisotopic (exact) mass is 1280 g/mol. The van der Waals surface area contributed by atoms with Crippen LogP contribution in [0.25, 0.3) is 0 Å². The number of rotatable bonds is 20. The molecule has 9 rings (SSSR count). The molecule has 5 aliphatic rings. The number of para-hydroxylation sites is 1. The van der Waals surface area contributed by atoms with E-state index in [9.17, 15) is 43.1 Å². The molecule has 5 N–H and O–H groups in total. The molecule has 0 radical (unpaired) electrons. The maximum atomic E-state index is 15.1. The third-order valence-electron chi connectivity index (χ3n) is 18.2. The number of hydrogen-bond acceptors (Lipinski definition) is 13. The molecule has 3 fully saturated rings. The van der Waals surface area contributed by atoms with Gasteiger partial charge in [0.25, 0.3) is 5.91 Å². The number of halogens is 3. The number of nitrogens with one attached hydrogen (secondary N) is 4. The molecule has 0 spiro atoms. The van der Waals surface area contributed by atoms with Crippen LogP contribution in [0.5, 0.6) is 0 Å². The van der Waals surface area contributed by atoms with Gasteiger partial charge in [-0.05, 0) is 150 Å². The Morgan fingerprint density at radius 1 is 0.826 bits per heavy atom. The molecule has 8 amide bonds. The summed E-state index contributed by atoms with van der Waals surface area (Å²) in [5.41, 5.74) is 2.08. The van der Waals surface area contributed by atoms with Crippen LogP contribution in [0.4, 0.5) is 39.8 Å². The van der Waals surface area contributed by atoms with Crippen molar-refractivity contribution in [2.75, 3.05) is 94.8 Å². The number of morpholine rings is 1. The van der Waals surface area contributed by atoms with E-state index in [2.05, 4.69) is 44.9 Å². The Morgan fingerprint density at radius 2 is 1.53 bits per heavy atom. The number of hydrogen-bond donors (Lipinski definition) is 5. The summed E-state index contributed by atoms with van der Waals surface area (Å²) < 4.78 is 60.9. The van der Waals surface area contributed by atoms with Crippen molar-refractivity contribution in [2.24, 2.45) is 5.92 Å². The van der Waals surface area contributed by atoms with Gasteiger partial charge in [0.15, 0.2) is 0 Å². The average Bonchev–Trinajstić information content (AvgIpc) is 1.61. The van der Waals surface area contributed by atoms with Crippen molar-refractivity contribution in [3.05, 3.63) is 124 Å². The van der Waals surface area contributed by atoms with Gasteiger partial charge < -0.3 is 55.3 Å². The topological polar surface area (TPSA) is 252 Å². The van der Waals surface area contributed by atoms with Crippen LogP contribution in [0.1, 0.15) is 114 Å². The quantitative estimate of drug-likeness (QED) is 0.0434. The first-order valence-electron chi connectivity index (χ1n) is 31.5. The van der Waals surface area contributed by atoms with Crippen LogP contribution in [0.3, 0.4) is 0 Å². The number of nitrogens with zero attached hydrogens (tertiary/aromatic N) is 6. The first kappa shape index (κ1) is 68.2. The Labute approximate surface area is 534 Å². The zero-order valence-corrected chi connectivity index (χ0v) is 53.5. The fraction of sp³-hybridized carbons (Fsp3) is 0.522. The van der Waals surface area contributed by atoms with Crippen LogP contribution in [-0.4, -0.2) is 192 Å². The molecule has 0 saturated carbocycles. The van der Waals surface area contributed by atoms with Gasteiger partial charge in [-0.2, -0.15) is 0 Å². The van der Waals surface area contributed by atoms with Crippen molar-refractivity contribution < 1.29 is 70.8 Å². The molecule has 22 nitrogen and oxygen atoms in total. The van der Waals surface area contributed by atoms with Crippen molar-refractivity contribution >= 4 is 64.7 Å². The van der Waals surface area contributed by atoms with Crippen LogP contribution in [0.15, 0.2) is 78.9 Å². The number of fused-ring (bicyclic) bond motifs is 2. The normalized spacial score (nSPS) is 21.8. The van der Waals surface area contributed by atoms with Gasteiger partial charge in [0, 0.05) is 101 Å². The predicted octanol–water partition coefficient (Wildman–Crippen LogP) is 7.19. The van der Waals surface area contributed by atoms with Gasteiger partial charge in [-0.3, -0.25) is 43.5 Å². The van der Waals surface area contributed by atoms with Gasteiger partial charge in [-0.25, -0.2) is 22.8 Å². The van der Waals surface area contributed by atoms with E-state index >= 15 is 13.6 Å². The van der Waals surface area contributed by atoms with E-state index in [4.69, 9.17) is 14.2 Å². The molecule has 3 unspecified atom stereocenters. The summed E-state index contributed by atoms with van der Waals surface area (Å²) in [5, 5.41) is 20.9. The van der Waals surface area contributed by atoms with Crippen LogP contribution >= 0.6 is 0 Å². The van der Waals surface area contributed by atoms with Crippen molar-refractivity contribution in [1.29, 1.82) is 0 Å². The zero-order chi connectivity index (χ0) is 66.3. The van der Waals surface area contributed by atoms with E-state index in [1.54, 1.807) is 39.0 Å². The minimum atomic E-state index is -1.55. The molecule has 3 saturated heterocycles. The summed E-state index contributed by atoms with van der Waals surface area (Å²) in [7, 11) is 1.39. The number of amides is 8. The predicted molar refractivity (Wildman–Crippen MR) is 336 cm³/mol. The second kappa shape index (κ2) is 29.2. The van der Waals surface area contributed by atoms with E-state index < -0.39 is 101 Å². The number of carbonyl (C=O) groups excluding carboxylic acids is 7. The third-order valence-corrected chi connectivity index (χ3v) is 18.2. The zero-order valence-electron chi connectivity index (χ0n) is 53.5. The number of piperazine rings is 1. The number of carboxylic acid groups (broad SMARTS) is 1. The Kier molecular flexibility index (Phi) is 21.7. The average molecular weight is 1280 g/mol. The highest BCUT2D eigenvalue weighted by molar-refractivity contribution is 6.04. The number of ether oxygens (including phenoxy) is 3. The maximum absolute atomic E-state index is 15.1. The second-order valence-electron chi connectivity index (χ2n) is 26.2. The molecule has 496 valence electrons. The lowest BCUT2D eigenvalue weighted by molar-refractivity contribution is -0.144. The van der Waals surface area contributed by atoms with Crippen LogP contribution in [0.2, 0.25) is 0 Å². The Morgan fingerprint density at radius 3 is 2.22 bits per heavy atom. The van der Waals surface area contributed by atoms with E-state index in [1.165, 1.54) is 48.0 Å². The van der Waals surface area contributed by atoms with Gasteiger partial charge in [-0.1, -0.05) is 43.3 Å². The molecule has 0 aromatic heterocycles. The molecular formula is C67H85F3N10O12. The molecule has 5 heterocycles. The highest BCUT2D eigenvalue weighted by atomic mass is 19.1. The van der Waals surface area contributed by atoms with E-state index in [0.717, 1.165) is 45.5 Å². The van der Waals surface area contributed by atoms with Crippen LogP contribution in [-0.2, 0) is 61.4 Å². The SMILES string of the molecule is CC(C(=O)NC(C(=O)N1Cc2ccc(NC(=O)CC(=O)NCCCC3(C)CN(C(=O)CN4C[C@@H](C)N(C(=O)O)C[C@@H]4CN4CCOC[C@H]4C)c4cc(Cc5ccc(F)cc5)ccc43)cc2[C@H]1C(=O)Nc1c(F)cccc1F)C1CCOCC1)N(C)C(=O)OC(C)(C)C. The van der Waals surface area contributed by atoms with Crippen LogP contribution in [0, 0.1) is 23.4 Å². The summed E-state index contributed by atoms with van der Waals surface area (Å²) >= 11 is 0. The van der Waals surface area contributed by atoms with Gasteiger partial charge >= 0.3 is 12.2 Å². The fourth-order valence-electron chi connectivity index (χ4n) is 13.0. The van der Waals surface area contributed by atoms with Crippen molar-refractivity contribution in [1.82, 2.24) is 35.1 Å². The molecule has 5 aliphatic heterocycles. The summed E-state index contributed by atoms with van der Waals surface area (Å²) in [6.45, 7) is 16.4. The minimum absolute atomic E-state index is 0.0458. The molecule has 4 aromatic carbocycles. The molecule has 92 heavy (non-hydrogen) atoms. The van der Waals surface area contributed by atoms with Gasteiger partial charge in [0.05, 0.1) is 19.8 Å². The summed E-state index contributed by atoms with van der Waals surface area (Å²) in [6, 6.07) is 15.5. The van der Waals surface area contributed by atoms with Crippen molar-refractivity contribution in [2.45, 2.75) is 141 Å². The lowest BCUT2D eigenvalue weighted by Gasteiger charge is -2.47. The minimum Gasteiger partial charge on any atom is -0.465 e. The first-order valence-corrected chi connectivity index (χ1v) is 31.5. The summed E-state index contributed by atoms with van der Waals surface area (Å²) in [6.07, 6.45) is -0.212. The number of carbonyl (C=O) groups is 8. The van der Waals surface area contributed by atoms with Gasteiger partial charge in [0.1, 0.15) is 53.3 Å². The molecule has 0 bridgehead atoms. The van der Waals surface area contributed by atoms with Crippen LogP contribution < -0.4 is 26.2 Å². The lowest BCUT2D eigenvalue weighted by Crippen LogP contribution is -2.64. The Bertz CT molecular complexity index is 3380. The van der Waals surface area contributed by atoms with Crippen molar-refractivity contribution in [3.63, 3.8) is 0 Å². The molecule has 0 aliphatic carbocycles. The summed E-state index contributed by atoms with van der Waals surface area (Å²) in [5.74, 6) is -6.80. The largest absolute Gasteiger partial charge is 0.465 e. The van der Waals surface area contributed by atoms with Gasteiger partial charge in [-0.15, -0.1) is 0 Å². The highest BCUT2D eigenvalue weighted by Crippen LogP contribution is 2.45. The van der Waals surface area contributed by atoms with E-state index in [-0.39, 0.29) is 80.5 Å². The Hall–Kier alpha value is -8.13. The summed E-state index contributed by atoms with van der Waals surface area (Å²) in [4.78, 5) is 121. The lowest BCUT2D eigenvalue weighted by atomic mass is 9.80. The third kappa shape index (κ3) is 16.4. The molecular weight excluding hydrogens is 1190 g/mol. The second-order valence-corrected chi connectivity index (χ2v) is 26.2. The van der Waals surface area contributed by atoms with E-state index in [0.29, 0.717) is 77.1 Å². The Balaban J connectivity index is 0.870. The smallest absolute Gasteiger partial charge is 0.410 e. The fourth-order valence-corrected chi connectivity index (χ4v) is 13.0. The molecule has 4 aromatic rings. The van der Waals surface area contributed by atoms with E-state index in [1.807, 2.05) is 30.0 Å². The number of anilines is 3. The molecule has 25 heteroatoms. The first-order chi connectivity index (χ1) is 43.7. The number of benzene rings is 4. The molecule has 7 atom stereocenters. The maximum Gasteiger partial charge on any atom is 0.410 e. The standard InChI is InChI=1S/C67H85F3N10O12/c1-40-33-77(49(36-78(40)64(87)88)35-76-25-28-91-38-41(76)2)37-57(83)80-39-67(7,51-20-15-44(30-54(51)80)29-43-13-17-47(68)18-14-43)23-10-24-71-55(81)32-56(82)72-48-19-16-46-34-79(60(50(46)31-48)62(85)74-59-52(69)11-9-12-53(59)70)63(86)58(45-21-26-90-27-22-45)73-61(84)42(3)75(8)65(89)92-66(4,5)6/h9,11-20,30-31,40-42,45,49,58,60H,10,21-29,32-39H2,1-8H3,(H,71,81)(H,72,82)(H,73,84)(H,74,85)(H,87,88)/t40-,41-,42?,49+,58?,60+,67?/m1/s1. The number of likely N-dealkylation sites (N-methyl/N-ethyl adjacent to an activating group) is 1. The van der Waals surface area contributed by atoms with Gasteiger partial charge in [0.2, 0.25) is 29.5 Å². The highest BCUT2D eigenvalue weighted by Gasteiger charge is 2.46.